The summed E-state index contributed by atoms with van der Waals surface area (Å²) in [5.41, 5.74) is 3.54. The van der Waals surface area contributed by atoms with Crippen molar-refractivity contribution in [1.29, 1.82) is 0 Å². The first kappa shape index (κ1) is 20.9. The Morgan fingerprint density at radius 1 is 1.10 bits per heavy atom. The fraction of sp³-hybridized carbons (Fsp3) is 0.304. The lowest BCUT2D eigenvalue weighted by atomic mass is 9.99. The Balaban J connectivity index is 2.18. The summed E-state index contributed by atoms with van der Waals surface area (Å²) >= 11 is 6.27. The molecule has 1 atom stereocenters. The number of hydrogen-bond acceptors (Lipinski definition) is 4. The molecule has 0 saturated carbocycles. The predicted molar refractivity (Wildman–Crippen MR) is 115 cm³/mol. The summed E-state index contributed by atoms with van der Waals surface area (Å²) in [4.78, 5) is 23.9. The fourth-order valence-corrected chi connectivity index (χ4v) is 3.82. The van der Waals surface area contributed by atoms with E-state index in [4.69, 9.17) is 21.1 Å². The van der Waals surface area contributed by atoms with Crippen LogP contribution >= 0.6 is 11.6 Å². The van der Waals surface area contributed by atoms with Gasteiger partial charge in [0.05, 0.1) is 24.4 Å². The molecule has 5 nitrogen and oxygen atoms in total. The number of carbonyl (C=O) groups is 2. The zero-order chi connectivity index (χ0) is 21.1. The highest BCUT2D eigenvalue weighted by Gasteiger charge is 2.22. The lowest BCUT2D eigenvalue weighted by molar-refractivity contribution is -0.145. The molecule has 29 heavy (non-hydrogen) atoms. The van der Waals surface area contributed by atoms with Crippen LogP contribution in [-0.2, 0) is 16.0 Å². The number of aromatic nitrogens is 1. The summed E-state index contributed by atoms with van der Waals surface area (Å²) in [7, 11) is 1.62. The van der Waals surface area contributed by atoms with Gasteiger partial charge in [-0.2, -0.15) is 0 Å². The van der Waals surface area contributed by atoms with Gasteiger partial charge in [-0.3, -0.25) is 14.2 Å². The number of rotatable bonds is 6. The zero-order valence-corrected chi connectivity index (χ0v) is 17.7. The standard InChI is InChI=1S/C23H24ClNO4/c1-14(29-16(3)27)5-11-20-21-13-18(24)8-12-22(21)25(15(2)26)23(20)17-6-9-19(28-4)10-7-17/h6-10,12-14H,5,11H2,1-4H3. The van der Waals surface area contributed by atoms with Crippen LogP contribution in [0.4, 0.5) is 0 Å². The number of halogens is 1. The van der Waals surface area contributed by atoms with Crippen LogP contribution in [0.25, 0.3) is 22.2 Å². The van der Waals surface area contributed by atoms with Crippen LogP contribution in [0.1, 0.15) is 37.6 Å². The van der Waals surface area contributed by atoms with Gasteiger partial charge in [-0.25, -0.2) is 0 Å². The molecule has 0 N–H and O–H groups in total. The lowest BCUT2D eigenvalue weighted by Gasteiger charge is -2.14. The van der Waals surface area contributed by atoms with Crippen LogP contribution in [0.2, 0.25) is 5.02 Å². The molecule has 152 valence electrons. The van der Waals surface area contributed by atoms with E-state index in [0.29, 0.717) is 17.9 Å². The number of hydrogen-bond donors (Lipinski definition) is 0. The highest BCUT2D eigenvalue weighted by atomic mass is 35.5. The molecule has 0 saturated heterocycles. The number of fused-ring (bicyclic) bond motifs is 1. The third-order valence-corrected chi connectivity index (χ3v) is 5.12. The van der Waals surface area contributed by atoms with E-state index in [9.17, 15) is 9.59 Å². The lowest BCUT2D eigenvalue weighted by Crippen LogP contribution is -2.13. The van der Waals surface area contributed by atoms with Crippen molar-refractivity contribution in [2.24, 2.45) is 0 Å². The maximum Gasteiger partial charge on any atom is 0.302 e. The van der Waals surface area contributed by atoms with E-state index in [1.165, 1.54) is 6.92 Å². The second-order valence-corrected chi connectivity index (χ2v) is 7.47. The van der Waals surface area contributed by atoms with E-state index in [-0.39, 0.29) is 18.0 Å². The number of esters is 1. The van der Waals surface area contributed by atoms with E-state index in [2.05, 4.69) is 0 Å². The smallest absolute Gasteiger partial charge is 0.302 e. The van der Waals surface area contributed by atoms with Crippen molar-refractivity contribution in [2.75, 3.05) is 7.11 Å². The molecule has 0 spiro atoms. The first-order chi connectivity index (χ1) is 13.8. The van der Waals surface area contributed by atoms with Gasteiger partial charge >= 0.3 is 5.97 Å². The molecule has 3 aromatic rings. The molecular formula is C23H24ClNO4. The topological polar surface area (TPSA) is 57.5 Å². The molecule has 1 heterocycles. The summed E-state index contributed by atoms with van der Waals surface area (Å²) in [5.74, 6) is 0.358. The van der Waals surface area contributed by atoms with E-state index in [1.807, 2.05) is 43.3 Å². The second kappa shape index (κ2) is 8.70. The van der Waals surface area contributed by atoms with Crippen molar-refractivity contribution >= 4 is 34.4 Å². The Bertz CT molecular complexity index is 1050. The Morgan fingerprint density at radius 2 is 1.79 bits per heavy atom. The molecular weight excluding hydrogens is 390 g/mol. The molecule has 1 aromatic heterocycles. The summed E-state index contributed by atoms with van der Waals surface area (Å²) in [5, 5.41) is 1.53. The molecule has 3 rings (SSSR count). The van der Waals surface area contributed by atoms with Crippen molar-refractivity contribution in [3.8, 4) is 17.0 Å². The van der Waals surface area contributed by atoms with E-state index >= 15 is 0 Å². The van der Waals surface area contributed by atoms with Gasteiger partial charge in [0.1, 0.15) is 5.75 Å². The molecule has 6 heteroatoms. The van der Waals surface area contributed by atoms with Crippen LogP contribution < -0.4 is 4.74 Å². The number of carbonyl (C=O) groups excluding carboxylic acids is 2. The summed E-state index contributed by atoms with van der Waals surface area (Å²) in [6, 6.07) is 13.2. The van der Waals surface area contributed by atoms with Crippen LogP contribution in [0.15, 0.2) is 42.5 Å². The van der Waals surface area contributed by atoms with Crippen molar-refractivity contribution in [3.05, 3.63) is 53.1 Å². The Morgan fingerprint density at radius 3 is 2.38 bits per heavy atom. The van der Waals surface area contributed by atoms with Crippen molar-refractivity contribution in [2.45, 2.75) is 39.7 Å². The number of methoxy groups -OCH3 is 1. The number of benzene rings is 2. The van der Waals surface area contributed by atoms with Crippen LogP contribution in [0, 0.1) is 0 Å². The van der Waals surface area contributed by atoms with Gasteiger partial charge in [0, 0.05) is 24.3 Å². The maximum absolute atomic E-state index is 12.6. The molecule has 0 fully saturated rings. The van der Waals surface area contributed by atoms with Crippen molar-refractivity contribution in [1.82, 2.24) is 4.57 Å². The van der Waals surface area contributed by atoms with Gasteiger partial charge < -0.3 is 9.47 Å². The summed E-state index contributed by atoms with van der Waals surface area (Å²) in [6.45, 7) is 4.82. The van der Waals surface area contributed by atoms with Gasteiger partial charge in [-0.05, 0) is 73.4 Å². The molecule has 0 aliphatic heterocycles. The minimum Gasteiger partial charge on any atom is -0.497 e. The second-order valence-electron chi connectivity index (χ2n) is 7.03. The third-order valence-electron chi connectivity index (χ3n) is 4.88. The average Bonchev–Trinajstić information content (AvgIpc) is 2.99. The summed E-state index contributed by atoms with van der Waals surface area (Å²) in [6.07, 6.45) is 1.03. The number of aryl methyl sites for hydroxylation is 1. The van der Waals surface area contributed by atoms with Crippen LogP contribution in [0.3, 0.4) is 0 Å². The van der Waals surface area contributed by atoms with Gasteiger partial charge in [-0.15, -0.1) is 0 Å². The zero-order valence-electron chi connectivity index (χ0n) is 17.0. The predicted octanol–water partition coefficient (Wildman–Crippen LogP) is 5.51. The summed E-state index contributed by atoms with van der Waals surface area (Å²) < 4.78 is 12.3. The normalized spacial score (nSPS) is 12.0. The number of nitrogens with zero attached hydrogens (tertiary/aromatic N) is 1. The molecule has 0 bridgehead atoms. The average molecular weight is 414 g/mol. The van der Waals surface area contributed by atoms with E-state index in [0.717, 1.165) is 33.5 Å². The van der Waals surface area contributed by atoms with Gasteiger partial charge in [-0.1, -0.05) is 11.6 Å². The van der Waals surface area contributed by atoms with E-state index < -0.39 is 0 Å². The Hall–Kier alpha value is -2.79. The quantitative estimate of drug-likeness (QED) is 0.499. The van der Waals surface area contributed by atoms with Gasteiger partial charge in [0.2, 0.25) is 5.91 Å². The highest BCUT2D eigenvalue weighted by molar-refractivity contribution is 6.31. The molecule has 1 unspecified atom stereocenters. The highest BCUT2D eigenvalue weighted by Crippen LogP contribution is 2.37. The van der Waals surface area contributed by atoms with E-state index in [1.54, 1.807) is 24.7 Å². The fourth-order valence-electron chi connectivity index (χ4n) is 3.65. The molecule has 0 aliphatic carbocycles. The van der Waals surface area contributed by atoms with Crippen LogP contribution in [-0.4, -0.2) is 29.7 Å². The minimum atomic E-state index is -0.304. The Labute approximate surface area is 175 Å². The molecule has 0 aliphatic rings. The van der Waals surface area contributed by atoms with Gasteiger partial charge in [0.25, 0.3) is 0 Å². The minimum absolute atomic E-state index is 0.0811. The first-order valence-corrected chi connectivity index (χ1v) is 9.85. The SMILES string of the molecule is COc1ccc(-c2c(CCC(C)OC(C)=O)c3cc(Cl)ccc3n2C(C)=O)cc1. The Kier molecular flexibility index (Phi) is 6.28. The number of ether oxygens (including phenoxy) is 2. The maximum atomic E-state index is 12.6. The van der Waals surface area contributed by atoms with Crippen molar-refractivity contribution < 1.29 is 19.1 Å². The molecule has 0 amide bonds. The molecule has 2 aromatic carbocycles. The van der Waals surface area contributed by atoms with Crippen LogP contribution in [0.5, 0.6) is 5.75 Å². The van der Waals surface area contributed by atoms with Gasteiger partial charge in [0.15, 0.2) is 0 Å². The first-order valence-electron chi connectivity index (χ1n) is 9.47. The molecule has 0 radical (unpaired) electrons. The third kappa shape index (κ3) is 4.46. The largest absolute Gasteiger partial charge is 0.497 e. The van der Waals surface area contributed by atoms with Crippen molar-refractivity contribution in [3.63, 3.8) is 0 Å². The monoisotopic (exact) mass is 413 g/mol.